The van der Waals surface area contributed by atoms with Crippen LogP contribution in [0.2, 0.25) is 0 Å². The minimum Gasteiger partial charge on any atom is -0.365 e. The van der Waals surface area contributed by atoms with Crippen molar-refractivity contribution in [3.63, 3.8) is 0 Å². The Morgan fingerprint density at radius 3 is 3.00 bits per heavy atom. The SMILES string of the molecule is CC1(Cl)CCOC(SC#N)C1Cl. The molecule has 0 radical (unpaired) electrons. The molecule has 12 heavy (non-hydrogen) atoms. The van der Waals surface area contributed by atoms with Crippen LogP contribution in [0.4, 0.5) is 0 Å². The Labute approximate surface area is 86.2 Å². The Morgan fingerprint density at radius 2 is 2.42 bits per heavy atom. The van der Waals surface area contributed by atoms with Crippen LogP contribution in [0.1, 0.15) is 13.3 Å². The fraction of sp³-hybridized carbons (Fsp3) is 0.857. The molecule has 1 rings (SSSR count). The summed E-state index contributed by atoms with van der Waals surface area (Å²) in [4.78, 5) is -0.450. The van der Waals surface area contributed by atoms with Crippen molar-refractivity contribution in [1.82, 2.24) is 0 Å². The van der Waals surface area contributed by atoms with Crippen molar-refractivity contribution >= 4 is 35.0 Å². The summed E-state index contributed by atoms with van der Waals surface area (Å²) in [5.41, 5.74) is -0.298. The molecule has 0 aromatic rings. The first-order chi connectivity index (χ1) is 5.58. The van der Waals surface area contributed by atoms with E-state index in [1.54, 1.807) is 0 Å². The first kappa shape index (κ1) is 10.5. The molecule has 0 aromatic heterocycles. The average Bonchev–Trinajstić information content (AvgIpc) is 1.99. The molecular weight excluding hydrogens is 217 g/mol. The van der Waals surface area contributed by atoms with Crippen LogP contribution in [0.15, 0.2) is 0 Å². The zero-order valence-corrected chi connectivity index (χ0v) is 8.92. The van der Waals surface area contributed by atoms with Crippen LogP contribution in [0.3, 0.4) is 0 Å². The molecule has 0 amide bonds. The molecule has 0 aromatic carbocycles. The molecule has 68 valence electrons. The summed E-state index contributed by atoms with van der Waals surface area (Å²) in [6.07, 6.45) is 0.727. The van der Waals surface area contributed by atoms with E-state index in [1.807, 2.05) is 12.3 Å². The fourth-order valence-corrected chi connectivity index (χ4v) is 2.32. The molecule has 0 saturated carbocycles. The second-order valence-electron chi connectivity index (χ2n) is 2.88. The normalized spacial score (nSPS) is 42.2. The lowest BCUT2D eigenvalue weighted by molar-refractivity contribution is 0.0605. The van der Waals surface area contributed by atoms with E-state index in [4.69, 9.17) is 33.2 Å². The van der Waals surface area contributed by atoms with Crippen LogP contribution >= 0.6 is 35.0 Å². The molecule has 1 aliphatic heterocycles. The molecular formula is C7H9Cl2NOS. The number of alkyl halides is 2. The van der Waals surface area contributed by atoms with Crippen molar-refractivity contribution in [2.45, 2.75) is 29.0 Å². The van der Waals surface area contributed by atoms with Gasteiger partial charge in [0.05, 0.1) is 10.3 Å². The minimum atomic E-state index is -0.450. The van der Waals surface area contributed by atoms with Gasteiger partial charge in [-0.25, -0.2) is 0 Å². The zero-order chi connectivity index (χ0) is 9.19. The average molecular weight is 226 g/mol. The standard InChI is InChI=1S/C7H9Cl2NOS/c1-7(9)2-3-11-6(5(7)8)12-4-10/h5-6H,2-3H2,1H3. The monoisotopic (exact) mass is 225 g/mol. The quantitative estimate of drug-likeness (QED) is 0.508. The van der Waals surface area contributed by atoms with Crippen molar-refractivity contribution < 1.29 is 4.74 Å². The lowest BCUT2D eigenvalue weighted by atomic mass is 10.0. The Balaban J connectivity index is 2.61. The van der Waals surface area contributed by atoms with E-state index in [9.17, 15) is 0 Å². The smallest absolute Gasteiger partial charge is 0.136 e. The van der Waals surface area contributed by atoms with E-state index >= 15 is 0 Å². The summed E-state index contributed by atoms with van der Waals surface area (Å²) in [5, 5.41) is 10.1. The first-order valence-corrected chi connectivity index (χ1v) is 5.26. The molecule has 0 bridgehead atoms. The summed E-state index contributed by atoms with van der Waals surface area (Å²) in [7, 11) is 0. The summed E-state index contributed by atoms with van der Waals surface area (Å²) >= 11 is 13.2. The first-order valence-electron chi connectivity index (χ1n) is 3.57. The molecule has 3 unspecified atom stereocenters. The highest BCUT2D eigenvalue weighted by Gasteiger charge is 2.41. The third kappa shape index (κ3) is 2.20. The number of hydrogen-bond donors (Lipinski definition) is 0. The van der Waals surface area contributed by atoms with Crippen LogP contribution in [0, 0.1) is 10.7 Å². The van der Waals surface area contributed by atoms with Gasteiger partial charge in [-0.2, -0.15) is 5.26 Å². The van der Waals surface area contributed by atoms with Crippen LogP contribution in [-0.4, -0.2) is 22.3 Å². The van der Waals surface area contributed by atoms with Crippen LogP contribution < -0.4 is 0 Å². The van der Waals surface area contributed by atoms with Gasteiger partial charge in [-0.05, 0) is 25.1 Å². The third-order valence-corrected chi connectivity index (χ3v) is 4.00. The molecule has 3 atom stereocenters. The maximum absolute atomic E-state index is 8.44. The van der Waals surface area contributed by atoms with E-state index in [1.165, 1.54) is 0 Å². The number of nitriles is 1. The highest BCUT2D eigenvalue weighted by atomic mass is 35.5. The van der Waals surface area contributed by atoms with Crippen LogP contribution in [0.25, 0.3) is 0 Å². The van der Waals surface area contributed by atoms with Gasteiger partial charge in [-0.3, -0.25) is 0 Å². The summed E-state index contributed by atoms with van der Waals surface area (Å²) in [6.45, 7) is 2.45. The van der Waals surface area contributed by atoms with Gasteiger partial charge in [0.15, 0.2) is 0 Å². The molecule has 1 heterocycles. The van der Waals surface area contributed by atoms with Gasteiger partial charge in [-0.1, -0.05) is 0 Å². The number of thiocyanates is 1. The second kappa shape index (κ2) is 4.06. The topological polar surface area (TPSA) is 33.0 Å². The van der Waals surface area contributed by atoms with Crippen LogP contribution in [0.5, 0.6) is 0 Å². The maximum Gasteiger partial charge on any atom is 0.136 e. The Kier molecular flexibility index (Phi) is 3.54. The molecule has 1 fully saturated rings. The second-order valence-corrected chi connectivity index (χ2v) is 5.09. The number of thioether (sulfide) groups is 1. The maximum atomic E-state index is 8.44. The molecule has 2 nitrogen and oxygen atoms in total. The van der Waals surface area contributed by atoms with Gasteiger partial charge in [-0.15, -0.1) is 23.2 Å². The predicted octanol–water partition coefficient (Wildman–Crippen LogP) is 2.55. The van der Waals surface area contributed by atoms with Gasteiger partial charge >= 0.3 is 0 Å². The summed E-state index contributed by atoms with van der Waals surface area (Å²) in [6, 6.07) is 0. The number of nitrogens with zero attached hydrogens (tertiary/aromatic N) is 1. The Bertz CT molecular complexity index is 204. The lowest BCUT2D eigenvalue weighted by Crippen LogP contribution is -2.44. The number of rotatable bonds is 1. The number of hydrogen-bond acceptors (Lipinski definition) is 3. The van der Waals surface area contributed by atoms with Crippen molar-refractivity contribution in [3.05, 3.63) is 0 Å². The highest BCUT2D eigenvalue weighted by molar-refractivity contribution is 8.04. The summed E-state index contributed by atoms with van der Waals surface area (Å²) < 4.78 is 5.29. The van der Waals surface area contributed by atoms with Gasteiger partial charge in [0, 0.05) is 6.61 Å². The predicted molar refractivity (Wildman–Crippen MR) is 51.5 cm³/mol. The van der Waals surface area contributed by atoms with Crippen LogP contribution in [-0.2, 0) is 4.74 Å². The van der Waals surface area contributed by atoms with Crippen molar-refractivity contribution in [3.8, 4) is 5.40 Å². The van der Waals surface area contributed by atoms with Crippen molar-refractivity contribution in [1.29, 1.82) is 5.26 Å². The Morgan fingerprint density at radius 1 is 1.75 bits per heavy atom. The van der Waals surface area contributed by atoms with Gasteiger partial charge in [0.1, 0.15) is 10.8 Å². The van der Waals surface area contributed by atoms with Crippen molar-refractivity contribution in [2.75, 3.05) is 6.61 Å². The van der Waals surface area contributed by atoms with Gasteiger partial charge < -0.3 is 4.74 Å². The molecule has 0 N–H and O–H groups in total. The highest BCUT2D eigenvalue weighted by Crippen LogP contribution is 2.38. The molecule has 0 spiro atoms. The van der Waals surface area contributed by atoms with E-state index in [-0.39, 0.29) is 10.8 Å². The van der Waals surface area contributed by atoms with E-state index in [2.05, 4.69) is 0 Å². The number of ether oxygens (including phenoxy) is 1. The molecule has 1 aliphatic rings. The van der Waals surface area contributed by atoms with Gasteiger partial charge in [0.2, 0.25) is 0 Å². The van der Waals surface area contributed by atoms with E-state index < -0.39 is 4.87 Å². The molecule has 1 saturated heterocycles. The summed E-state index contributed by atoms with van der Waals surface area (Å²) in [5.74, 6) is 0. The van der Waals surface area contributed by atoms with Gasteiger partial charge in [0.25, 0.3) is 0 Å². The zero-order valence-electron chi connectivity index (χ0n) is 6.59. The Hall–Kier alpha value is 0.380. The van der Waals surface area contributed by atoms with Crippen molar-refractivity contribution in [2.24, 2.45) is 0 Å². The fourth-order valence-electron chi connectivity index (χ4n) is 1.03. The minimum absolute atomic E-state index is 0.298. The molecule has 0 aliphatic carbocycles. The lowest BCUT2D eigenvalue weighted by Gasteiger charge is -2.36. The molecule has 5 heteroatoms. The number of halogens is 2. The van der Waals surface area contributed by atoms with E-state index in [0.717, 1.165) is 18.2 Å². The third-order valence-electron chi connectivity index (χ3n) is 1.86. The largest absolute Gasteiger partial charge is 0.365 e. The van der Waals surface area contributed by atoms with E-state index in [0.29, 0.717) is 6.61 Å².